The van der Waals surface area contributed by atoms with E-state index in [0.717, 1.165) is 60.8 Å². The summed E-state index contributed by atoms with van der Waals surface area (Å²) in [6.45, 7) is 0. The van der Waals surface area contributed by atoms with Crippen molar-refractivity contribution in [1.82, 2.24) is 19.5 Å². The Kier molecular flexibility index (Phi) is 8.12. The van der Waals surface area contributed by atoms with Crippen LogP contribution in [0.5, 0.6) is 0 Å². The van der Waals surface area contributed by atoms with Gasteiger partial charge in [0.1, 0.15) is 0 Å². The Hall–Kier alpha value is -7.43. The molecule has 0 saturated heterocycles. The van der Waals surface area contributed by atoms with Crippen molar-refractivity contribution in [2.24, 2.45) is 0 Å². The molecule has 258 valence electrons. The van der Waals surface area contributed by atoms with Gasteiger partial charge in [0, 0.05) is 21.9 Å². The summed E-state index contributed by atoms with van der Waals surface area (Å²) < 4.78 is 2.22. The van der Waals surface area contributed by atoms with Gasteiger partial charge in [0.15, 0.2) is 11.6 Å². The molecule has 8 aromatic carbocycles. The summed E-state index contributed by atoms with van der Waals surface area (Å²) in [6.07, 6.45) is 0. The largest absolute Gasteiger partial charge is 0.278 e. The van der Waals surface area contributed by atoms with E-state index in [1.807, 2.05) is 24.3 Å². The Balaban J connectivity index is 1.21. The Morgan fingerprint density at radius 2 is 0.691 bits per heavy atom. The molecular weight excluding hydrogens is 669 g/mol. The van der Waals surface area contributed by atoms with E-state index in [4.69, 9.17) is 15.0 Å². The van der Waals surface area contributed by atoms with Gasteiger partial charge < -0.3 is 0 Å². The van der Waals surface area contributed by atoms with Crippen LogP contribution in [0.25, 0.3) is 95.0 Å². The summed E-state index contributed by atoms with van der Waals surface area (Å²) in [7, 11) is 0. The van der Waals surface area contributed by atoms with Crippen LogP contribution in [0, 0.1) is 0 Å². The van der Waals surface area contributed by atoms with Gasteiger partial charge in [0.05, 0.1) is 11.0 Å². The number of hydrogen-bond acceptors (Lipinski definition) is 3. The van der Waals surface area contributed by atoms with E-state index < -0.39 is 0 Å². The van der Waals surface area contributed by atoms with E-state index in [0.29, 0.717) is 17.6 Å². The van der Waals surface area contributed by atoms with Crippen LogP contribution < -0.4 is 0 Å². The second-order valence-corrected chi connectivity index (χ2v) is 13.7. The van der Waals surface area contributed by atoms with Crippen molar-refractivity contribution >= 4 is 21.8 Å². The number of hydrogen-bond donors (Lipinski definition) is 0. The third-order valence-corrected chi connectivity index (χ3v) is 10.3. The number of nitrogens with zero attached hydrogens (tertiary/aromatic N) is 4. The first kappa shape index (κ1) is 32.2. The summed E-state index contributed by atoms with van der Waals surface area (Å²) in [6, 6.07) is 72.3. The molecule has 0 N–H and O–H groups in total. The zero-order valence-corrected chi connectivity index (χ0v) is 29.9. The summed E-state index contributed by atoms with van der Waals surface area (Å²) in [5.41, 5.74) is 13.2. The van der Waals surface area contributed by atoms with Crippen LogP contribution in [0.1, 0.15) is 0 Å². The normalized spacial score (nSPS) is 11.3. The zero-order valence-electron chi connectivity index (χ0n) is 29.9. The summed E-state index contributed by atoms with van der Waals surface area (Å²) in [5, 5.41) is 2.29. The van der Waals surface area contributed by atoms with E-state index in [1.165, 1.54) is 16.7 Å². The van der Waals surface area contributed by atoms with Crippen molar-refractivity contribution in [1.29, 1.82) is 0 Å². The van der Waals surface area contributed by atoms with Gasteiger partial charge >= 0.3 is 0 Å². The average molecular weight is 703 g/mol. The molecule has 4 heteroatoms. The molecule has 0 spiro atoms. The van der Waals surface area contributed by atoms with Crippen molar-refractivity contribution in [2.75, 3.05) is 0 Å². The number of para-hydroxylation sites is 1. The topological polar surface area (TPSA) is 43.6 Å². The highest BCUT2D eigenvalue weighted by molar-refractivity contribution is 6.16. The standard InChI is InChI=1S/C51H34N4/c1-5-15-35(16-6-1)37-25-27-39(28-26-37)43-33-45(40-19-9-3-10-20-40)48-44-23-13-14-24-46(44)55(47(48)34-43)51-53-49(41-21-11-4-12-22-41)52-50(54-51)42-31-29-38(30-32-42)36-17-7-2-8-18-36/h1-34H. The van der Waals surface area contributed by atoms with Gasteiger partial charge in [-0.1, -0.05) is 188 Å². The van der Waals surface area contributed by atoms with Crippen LogP contribution in [0.2, 0.25) is 0 Å². The summed E-state index contributed by atoms with van der Waals surface area (Å²) >= 11 is 0. The van der Waals surface area contributed by atoms with Crippen molar-refractivity contribution in [3.05, 3.63) is 206 Å². The molecule has 4 nitrogen and oxygen atoms in total. The number of rotatable bonds is 7. The third-order valence-electron chi connectivity index (χ3n) is 10.3. The van der Waals surface area contributed by atoms with Crippen LogP contribution in [0.3, 0.4) is 0 Å². The molecule has 0 radical (unpaired) electrons. The average Bonchev–Trinajstić information content (AvgIpc) is 3.61. The smallest absolute Gasteiger partial charge is 0.238 e. The fourth-order valence-electron chi connectivity index (χ4n) is 7.56. The van der Waals surface area contributed by atoms with Crippen LogP contribution in [-0.2, 0) is 0 Å². The highest BCUT2D eigenvalue weighted by Gasteiger charge is 2.21. The molecular formula is C51H34N4. The van der Waals surface area contributed by atoms with Gasteiger partial charge in [-0.3, -0.25) is 4.57 Å². The monoisotopic (exact) mass is 702 g/mol. The Labute approximate surface area is 319 Å². The number of benzene rings is 8. The van der Waals surface area contributed by atoms with Gasteiger partial charge in [0.25, 0.3) is 0 Å². The Morgan fingerprint density at radius 3 is 1.24 bits per heavy atom. The molecule has 2 heterocycles. The van der Waals surface area contributed by atoms with Crippen LogP contribution in [0.15, 0.2) is 206 Å². The molecule has 2 aromatic heterocycles. The van der Waals surface area contributed by atoms with Gasteiger partial charge in [-0.15, -0.1) is 0 Å². The molecule has 0 aliphatic heterocycles. The Morgan fingerprint density at radius 1 is 0.291 bits per heavy atom. The van der Waals surface area contributed by atoms with Crippen LogP contribution >= 0.6 is 0 Å². The molecule has 0 fully saturated rings. The minimum Gasteiger partial charge on any atom is -0.278 e. The van der Waals surface area contributed by atoms with Crippen LogP contribution in [-0.4, -0.2) is 19.5 Å². The fourth-order valence-corrected chi connectivity index (χ4v) is 7.56. The minimum atomic E-state index is 0.567. The Bertz CT molecular complexity index is 2920. The van der Waals surface area contributed by atoms with Crippen molar-refractivity contribution < 1.29 is 0 Å². The molecule has 0 bridgehead atoms. The second kappa shape index (κ2) is 13.8. The number of aromatic nitrogens is 4. The first-order valence-corrected chi connectivity index (χ1v) is 18.5. The second-order valence-electron chi connectivity index (χ2n) is 13.7. The molecule has 10 aromatic rings. The molecule has 55 heavy (non-hydrogen) atoms. The van der Waals surface area contributed by atoms with Crippen molar-refractivity contribution in [3.8, 4) is 73.2 Å². The van der Waals surface area contributed by atoms with E-state index in [2.05, 4.69) is 187 Å². The first-order chi connectivity index (χ1) is 27.3. The maximum Gasteiger partial charge on any atom is 0.238 e. The van der Waals surface area contributed by atoms with Crippen LogP contribution in [0.4, 0.5) is 0 Å². The molecule has 0 atom stereocenters. The third kappa shape index (κ3) is 6.06. The summed E-state index contributed by atoms with van der Waals surface area (Å²) in [4.78, 5) is 15.6. The molecule has 10 rings (SSSR count). The van der Waals surface area contributed by atoms with E-state index >= 15 is 0 Å². The van der Waals surface area contributed by atoms with E-state index in [1.54, 1.807) is 0 Å². The van der Waals surface area contributed by atoms with Gasteiger partial charge in [-0.05, 0) is 62.7 Å². The SMILES string of the molecule is c1ccc(-c2ccc(-c3cc(-c4ccccc4)c4c5ccccc5n(-c5nc(-c6ccccc6)nc(-c6ccc(-c7ccccc7)cc6)n5)c4c3)cc2)cc1. The summed E-state index contributed by atoms with van der Waals surface area (Å²) in [5.74, 6) is 1.80. The fraction of sp³-hybridized carbons (Fsp3) is 0. The van der Waals surface area contributed by atoms with Gasteiger partial charge in [-0.2, -0.15) is 9.97 Å². The van der Waals surface area contributed by atoms with Crippen molar-refractivity contribution in [2.45, 2.75) is 0 Å². The molecule has 0 aliphatic rings. The minimum absolute atomic E-state index is 0.567. The van der Waals surface area contributed by atoms with E-state index in [-0.39, 0.29) is 0 Å². The molecule has 0 aliphatic carbocycles. The van der Waals surface area contributed by atoms with Crippen molar-refractivity contribution in [3.63, 3.8) is 0 Å². The first-order valence-electron chi connectivity index (χ1n) is 18.5. The maximum absolute atomic E-state index is 5.27. The lowest BCUT2D eigenvalue weighted by Crippen LogP contribution is -2.06. The highest BCUT2D eigenvalue weighted by Crippen LogP contribution is 2.41. The predicted molar refractivity (Wildman–Crippen MR) is 227 cm³/mol. The number of fused-ring (bicyclic) bond motifs is 3. The lowest BCUT2D eigenvalue weighted by molar-refractivity contribution is 0.953. The molecule has 0 amide bonds. The highest BCUT2D eigenvalue weighted by atomic mass is 15.2. The van der Waals surface area contributed by atoms with E-state index in [9.17, 15) is 0 Å². The quantitative estimate of drug-likeness (QED) is 0.166. The molecule has 0 unspecified atom stereocenters. The van der Waals surface area contributed by atoms with Gasteiger partial charge in [-0.25, -0.2) is 4.98 Å². The zero-order chi connectivity index (χ0) is 36.6. The maximum atomic E-state index is 5.27. The lowest BCUT2D eigenvalue weighted by Gasteiger charge is -2.13. The predicted octanol–water partition coefficient (Wildman–Crippen LogP) is 13.0. The van der Waals surface area contributed by atoms with Gasteiger partial charge in [0.2, 0.25) is 5.95 Å². The lowest BCUT2D eigenvalue weighted by atomic mass is 9.93. The molecule has 0 saturated carbocycles.